The Morgan fingerprint density at radius 1 is 1.16 bits per heavy atom. The van der Waals surface area contributed by atoms with Crippen LogP contribution in [0.1, 0.15) is 23.2 Å². The van der Waals surface area contributed by atoms with Gasteiger partial charge in [0.05, 0.1) is 5.69 Å². The summed E-state index contributed by atoms with van der Waals surface area (Å²) in [4.78, 5) is 7.94. The Morgan fingerprint density at radius 3 is 2.68 bits per heavy atom. The van der Waals surface area contributed by atoms with Gasteiger partial charge in [-0.25, -0.2) is 4.98 Å². The Hall–Kier alpha value is -2.30. The lowest BCUT2D eigenvalue weighted by Crippen LogP contribution is -2.20. The highest BCUT2D eigenvalue weighted by Crippen LogP contribution is 2.31. The molecule has 1 aromatic carbocycles. The number of fused-ring (bicyclic) bond motifs is 1. The SMILES string of the molecule is Cc1cc(Nc2ccnc3[nH]c(C4=CCNCC4)cc23)cc(C)c1Cl. The molecule has 4 rings (SSSR count). The number of anilines is 2. The van der Waals surface area contributed by atoms with Crippen molar-refractivity contribution in [2.45, 2.75) is 20.3 Å². The van der Waals surface area contributed by atoms with E-state index in [-0.39, 0.29) is 0 Å². The van der Waals surface area contributed by atoms with Crippen LogP contribution in [0, 0.1) is 13.8 Å². The molecule has 0 amide bonds. The van der Waals surface area contributed by atoms with Gasteiger partial charge < -0.3 is 15.6 Å². The van der Waals surface area contributed by atoms with Crippen LogP contribution < -0.4 is 10.6 Å². The van der Waals surface area contributed by atoms with E-state index in [0.29, 0.717) is 0 Å². The second-order valence-electron chi connectivity index (χ2n) is 6.54. The van der Waals surface area contributed by atoms with Gasteiger partial charge in [-0.3, -0.25) is 0 Å². The topological polar surface area (TPSA) is 52.7 Å². The minimum atomic E-state index is 0.826. The number of nitrogens with zero attached hydrogens (tertiary/aromatic N) is 1. The van der Waals surface area contributed by atoms with Crippen molar-refractivity contribution < 1.29 is 0 Å². The van der Waals surface area contributed by atoms with Gasteiger partial charge >= 0.3 is 0 Å². The molecule has 3 heterocycles. The summed E-state index contributed by atoms with van der Waals surface area (Å²) in [5, 5.41) is 8.80. The highest BCUT2D eigenvalue weighted by atomic mass is 35.5. The van der Waals surface area contributed by atoms with Crippen molar-refractivity contribution in [1.29, 1.82) is 0 Å². The van der Waals surface area contributed by atoms with E-state index in [9.17, 15) is 0 Å². The van der Waals surface area contributed by atoms with Crippen molar-refractivity contribution in [3.63, 3.8) is 0 Å². The molecule has 0 atom stereocenters. The first-order chi connectivity index (χ1) is 12.1. The first kappa shape index (κ1) is 16.2. The molecule has 25 heavy (non-hydrogen) atoms. The molecule has 4 nitrogen and oxygen atoms in total. The molecule has 0 fully saturated rings. The fourth-order valence-electron chi connectivity index (χ4n) is 3.35. The Balaban J connectivity index is 1.72. The predicted octanol–water partition coefficient (Wildman–Crippen LogP) is 4.95. The van der Waals surface area contributed by atoms with Gasteiger partial charge in [-0.2, -0.15) is 0 Å². The fourth-order valence-corrected chi connectivity index (χ4v) is 3.46. The number of halogens is 1. The van der Waals surface area contributed by atoms with Crippen LogP contribution in [0.15, 0.2) is 36.5 Å². The quantitative estimate of drug-likeness (QED) is 0.625. The van der Waals surface area contributed by atoms with Gasteiger partial charge in [0.15, 0.2) is 0 Å². The molecule has 0 radical (unpaired) electrons. The maximum atomic E-state index is 6.28. The molecule has 0 bridgehead atoms. The summed E-state index contributed by atoms with van der Waals surface area (Å²) in [6, 6.07) is 8.35. The van der Waals surface area contributed by atoms with Crippen molar-refractivity contribution in [2.24, 2.45) is 0 Å². The number of aromatic amines is 1. The minimum absolute atomic E-state index is 0.826. The van der Waals surface area contributed by atoms with Crippen LogP contribution >= 0.6 is 11.6 Å². The van der Waals surface area contributed by atoms with E-state index in [4.69, 9.17) is 11.6 Å². The zero-order valence-corrected chi connectivity index (χ0v) is 15.2. The summed E-state index contributed by atoms with van der Waals surface area (Å²) in [5.41, 5.74) is 7.64. The first-order valence-electron chi connectivity index (χ1n) is 8.53. The van der Waals surface area contributed by atoms with Gasteiger partial charge in [0, 0.05) is 34.5 Å². The van der Waals surface area contributed by atoms with E-state index in [0.717, 1.165) is 63.8 Å². The van der Waals surface area contributed by atoms with E-state index in [2.05, 4.69) is 44.9 Å². The summed E-state index contributed by atoms with van der Waals surface area (Å²) in [7, 11) is 0. The maximum absolute atomic E-state index is 6.28. The number of aryl methyl sites for hydroxylation is 2. The molecule has 3 aromatic rings. The number of benzene rings is 1. The third kappa shape index (κ3) is 3.15. The molecule has 0 saturated carbocycles. The Bertz CT molecular complexity index is 948. The molecule has 0 aliphatic carbocycles. The monoisotopic (exact) mass is 352 g/mol. The van der Waals surface area contributed by atoms with Crippen molar-refractivity contribution in [2.75, 3.05) is 18.4 Å². The number of pyridine rings is 1. The summed E-state index contributed by atoms with van der Waals surface area (Å²) >= 11 is 6.28. The lowest BCUT2D eigenvalue weighted by Gasteiger charge is -2.12. The maximum Gasteiger partial charge on any atom is 0.139 e. The second-order valence-corrected chi connectivity index (χ2v) is 6.91. The fraction of sp³-hybridized carbons (Fsp3) is 0.250. The largest absolute Gasteiger partial charge is 0.355 e. The molecular formula is C20H21ClN4. The standard InChI is InChI=1S/C20H21ClN4/c1-12-9-15(10-13(2)19(12)21)24-17-5-8-23-20-16(17)11-18(25-20)14-3-6-22-7-4-14/h3,5,8-11,22H,4,6-7H2,1-2H3,(H2,23,24,25). The average molecular weight is 353 g/mol. The van der Waals surface area contributed by atoms with E-state index < -0.39 is 0 Å². The van der Waals surface area contributed by atoms with Crippen LogP contribution in [0.4, 0.5) is 11.4 Å². The van der Waals surface area contributed by atoms with E-state index in [1.165, 1.54) is 5.57 Å². The normalized spacial score (nSPS) is 14.6. The summed E-state index contributed by atoms with van der Waals surface area (Å²) in [5.74, 6) is 0. The van der Waals surface area contributed by atoms with Crippen molar-refractivity contribution in [3.05, 3.63) is 58.4 Å². The van der Waals surface area contributed by atoms with Crippen molar-refractivity contribution in [1.82, 2.24) is 15.3 Å². The summed E-state index contributed by atoms with van der Waals surface area (Å²) in [6.07, 6.45) is 5.11. The summed E-state index contributed by atoms with van der Waals surface area (Å²) < 4.78 is 0. The van der Waals surface area contributed by atoms with E-state index in [1.807, 2.05) is 26.1 Å². The van der Waals surface area contributed by atoms with Crippen LogP contribution in [0.3, 0.4) is 0 Å². The zero-order valence-electron chi connectivity index (χ0n) is 14.4. The lowest BCUT2D eigenvalue weighted by atomic mass is 10.1. The Labute approximate surface area is 152 Å². The Morgan fingerprint density at radius 2 is 1.96 bits per heavy atom. The molecule has 0 unspecified atom stereocenters. The van der Waals surface area contributed by atoms with Crippen molar-refractivity contribution in [3.8, 4) is 0 Å². The van der Waals surface area contributed by atoms with Crippen LogP contribution in [0.5, 0.6) is 0 Å². The van der Waals surface area contributed by atoms with Gasteiger partial charge in [0.25, 0.3) is 0 Å². The second kappa shape index (κ2) is 6.54. The predicted molar refractivity (Wildman–Crippen MR) is 106 cm³/mol. The van der Waals surface area contributed by atoms with Gasteiger partial charge in [-0.05, 0) is 67.8 Å². The van der Waals surface area contributed by atoms with Crippen LogP contribution in [0.2, 0.25) is 5.02 Å². The summed E-state index contributed by atoms with van der Waals surface area (Å²) in [6.45, 7) is 6.00. The molecule has 0 saturated heterocycles. The number of hydrogen-bond donors (Lipinski definition) is 3. The van der Waals surface area contributed by atoms with Gasteiger partial charge in [0.1, 0.15) is 5.65 Å². The molecule has 128 valence electrons. The van der Waals surface area contributed by atoms with E-state index in [1.54, 1.807) is 0 Å². The lowest BCUT2D eigenvalue weighted by molar-refractivity contribution is 0.737. The molecule has 1 aliphatic rings. The zero-order chi connectivity index (χ0) is 17.4. The number of H-pyrrole nitrogens is 1. The number of rotatable bonds is 3. The smallest absolute Gasteiger partial charge is 0.139 e. The van der Waals surface area contributed by atoms with Gasteiger partial charge in [-0.15, -0.1) is 0 Å². The third-order valence-corrected chi connectivity index (χ3v) is 5.25. The van der Waals surface area contributed by atoms with Crippen LogP contribution in [-0.4, -0.2) is 23.1 Å². The third-order valence-electron chi connectivity index (χ3n) is 4.66. The molecule has 3 N–H and O–H groups in total. The Kier molecular flexibility index (Phi) is 4.24. The number of nitrogens with one attached hydrogen (secondary N) is 3. The molecule has 5 heteroatoms. The number of aromatic nitrogens is 2. The van der Waals surface area contributed by atoms with E-state index >= 15 is 0 Å². The minimum Gasteiger partial charge on any atom is -0.355 e. The highest BCUT2D eigenvalue weighted by molar-refractivity contribution is 6.32. The van der Waals surface area contributed by atoms with Gasteiger partial charge in [0.2, 0.25) is 0 Å². The molecule has 1 aliphatic heterocycles. The first-order valence-corrected chi connectivity index (χ1v) is 8.91. The van der Waals surface area contributed by atoms with Crippen LogP contribution in [0.25, 0.3) is 16.6 Å². The van der Waals surface area contributed by atoms with Gasteiger partial charge in [-0.1, -0.05) is 17.7 Å². The van der Waals surface area contributed by atoms with Crippen LogP contribution in [-0.2, 0) is 0 Å². The highest BCUT2D eigenvalue weighted by Gasteiger charge is 2.12. The average Bonchev–Trinajstić information content (AvgIpc) is 3.06. The molecular weight excluding hydrogens is 332 g/mol. The van der Waals surface area contributed by atoms with Crippen molar-refractivity contribution >= 4 is 39.6 Å². The molecule has 0 spiro atoms. The molecule has 2 aromatic heterocycles. The number of hydrogen-bond acceptors (Lipinski definition) is 3.